The van der Waals surface area contributed by atoms with Gasteiger partial charge in [0, 0.05) is 18.8 Å². The number of urea groups is 1. The number of aryl methyl sites for hydroxylation is 1. The van der Waals surface area contributed by atoms with Crippen molar-refractivity contribution in [3.8, 4) is 0 Å². The van der Waals surface area contributed by atoms with E-state index in [0.717, 1.165) is 11.3 Å². The summed E-state index contributed by atoms with van der Waals surface area (Å²) >= 11 is 0. The van der Waals surface area contributed by atoms with Gasteiger partial charge in [-0.15, -0.1) is 0 Å². The number of anilines is 1. The molecule has 0 bridgehead atoms. The molecule has 2 amide bonds. The molecule has 1 atom stereocenters. The molecule has 1 fully saturated rings. The van der Waals surface area contributed by atoms with Crippen LogP contribution < -0.4 is 5.32 Å². The van der Waals surface area contributed by atoms with E-state index in [0.29, 0.717) is 13.0 Å². The third kappa shape index (κ3) is 2.80. The molecule has 1 heterocycles. The molecular formula is C13H16N2O3. The smallest absolute Gasteiger partial charge is 0.321 e. The third-order valence-corrected chi connectivity index (χ3v) is 3.13. The summed E-state index contributed by atoms with van der Waals surface area (Å²) in [5.41, 5.74) is 1.85. The Morgan fingerprint density at radius 3 is 2.56 bits per heavy atom. The van der Waals surface area contributed by atoms with Crippen molar-refractivity contribution in [1.82, 2.24) is 4.90 Å². The predicted octanol–water partition coefficient (Wildman–Crippen LogP) is 1.93. The Labute approximate surface area is 105 Å². The minimum atomic E-state index is -0.833. The summed E-state index contributed by atoms with van der Waals surface area (Å²) in [6, 6.07) is 7.26. The number of carbonyl (C=O) groups excluding carboxylic acids is 1. The molecule has 5 nitrogen and oxygen atoms in total. The highest BCUT2D eigenvalue weighted by molar-refractivity contribution is 5.90. The molecular weight excluding hydrogens is 232 g/mol. The monoisotopic (exact) mass is 248 g/mol. The molecule has 0 saturated carbocycles. The van der Waals surface area contributed by atoms with Gasteiger partial charge in [-0.1, -0.05) is 17.7 Å². The third-order valence-electron chi connectivity index (χ3n) is 3.13. The number of carboxylic acid groups (broad SMARTS) is 1. The second kappa shape index (κ2) is 5.08. The first-order valence-electron chi connectivity index (χ1n) is 5.91. The highest BCUT2D eigenvalue weighted by atomic mass is 16.4. The summed E-state index contributed by atoms with van der Waals surface area (Å²) in [7, 11) is 0. The average Bonchev–Trinajstić information content (AvgIpc) is 2.81. The van der Waals surface area contributed by atoms with E-state index in [1.807, 2.05) is 31.2 Å². The van der Waals surface area contributed by atoms with Crippen LogP contribution in [0.4, 0.5) is 10.5 Å². The number of hydrogen-bond donors (Lipinski definition) is 2. The molecule has 1 aromatic carbocycles. The zero-order valence-electron chi connectivity index (χ0n) is 10.2. The summed E-state index contributed by atoms with van der Waals surface area (Å²) in [4.78, 5) is 24.2. The van der Waals surface area contributed by atoms with Gasteiger partial charge in [-0.2, -0.15) is 0 Å². The van der Waals surface area contributed by atoms with Gasteiger partial charge in [0.1, 0.15) is 0 Å². The second-order valence-electron chi connectivity index (χ2n) is 4.57. The molecule has 1 aliphatic rings. The van der Waals surface area contributed by atoms with Crippen molar-refractivity contribution < 1.29 is 14.7 Å². The summed E-state index contributed by atoms with van der Waals surface area (Å²) in [6.45, 7) is 2.76. The molecule has 2 N–H and O–H groups in total. The van der Waals surface area contributed by atoms with E-state index < -0.39 is 11.9 Å². The lowest BCUT2D eigenvalue weighted by atomic mass is 10.1. The minimum Gasteiger partial charge on any atom is -0.481 e. The number of aliphatic carboxylic acids is 1. The first-order valence-corrected chi connectivity index (χ1v) is 5.91. The highest BCUT2D eigenvalue weighted by Gasteiger charge is 2.30. The number of rotatable bonds is 2. The average molecular weight is 248 g/mol. The Kier molecular flexibility index (Phi) is 3.50. The number of carboxylic acids is 1. The first-order chi connectivity index (χ1) is 8.56. The molecule has 0 aromatic heterocycles. The zero-order valence-corrected chi connectivity index (χ0v) is 10.2. The van der Waals surface area contributed by atoms with Crippen molar-refractivity contribution in [2.75, 3.05) is 18.4 Å². The van der Waals surface area contributed by atoms with Crippen LogP contribution >= 0.6 is 0 Å². The van der Waals surface area contributed by atoms with E-state index in [4.69, 9.17) is 5.11 Å². The Morgan fingerprint density at radius 1 is 1.33 bits per heavy atom. The fourth-order valence-electron chi connectivity index (χ4n) is 1.99. The van der Waals surface area contributed by atoms with Crippen molar-refractivity contribution in [3.05, 3.63) is 29.8 Å². The fraction of sp³-hybridized carbons (Fsp3) is 0.385. The largest absolute Gasteiger partial charge is 0.481 e. The van der Waals surface area contributed by atoms with Crippen molar-refractivity contribution in [2.24, 2.45) is 5.92 Å². The quantitative estimate of drug-likeness (QED) is 0.840. The maximum Gasteiger partial charge on any atom is 0.321 e. The molecule has 5 heteroatoms. The van der Waals surface area contributed by atoms with Crippen LogP contribution in [-0.4, -0.2) is 35.1 Å². The molecule has 96 valence electrons. The standard InChI is InChI=1S/C13H16N2O3/c1-9-2-4-11(5-3-9)14-13(18)15-7-6-10(8-15)12(16)17/h2-5,10H,6-8H2,1H3,(H,14,18)(H,16,17). The number of hydrogen-bond acceptors (Lipinski definition) is 2. The van der Waals surface area contributed by atoms with Crippen LogP contribution in [0.1, 0.15) is 12.0 Å². The normalized spacial score (nSPS) is 18.7. The fourth-order valence-corrected chi connectivity index (χ4v) is 1.99. The van der Waals surface area contributed by atoms with Gasteiger partial charge in [0.05, 0.1) is 5.92 Å². The van der Waals surface area contributed by atoms with Crippen LogP contribution in [-0.2, 0) is 4.79 Å². The summed E-state index contributed by atoms with van der Waals surface area (Å²) in [5, 5.41) is 11.6. The zero-order chi connectivity index (χ0) is 13.1. The second-order valence-corrected chi connectivity index (χ2v) is 4.57. The molecule has 1 aliphatic heterocycles. The van der Waals surface area contributed by atoms with Crippen molar-refractivity contribution in [2.45, 2.75) is 13.3 Å². The van der Waals surface area contributed by atoms with Crippen molar-refractivity contribution in [3.63, 3.8) is 0 Å². The first kappa shape index (κ1) is 12.4. The lowest BCUT2D eigenvalue weighted by Gasteiger charge is -2.16. The molecule has 1 saturated heterocycles. The number of benzene rings is 1. The predicted molar refractivity (Wildman–Crippen MR) is 67.5 cm³/mol. The Balaban J connectivity index is 1.93. The van der Waals surface area contributed by atoms with Gasteiger partial charge in [-0.05, 0) is 25.5 Å². The molecule has 18 heavy (non-hydrogen) atoms. The maximum atomic E-state index is 11.9. The van der Waals surface area contributed by atoms with Crippen molar-refractivity contribution in [1.29, 1.82) is 0 Å². The molecule has 0 radical (unpaired) electrons. The van der Waals surface area contributed by atoms with E-state index in [2.05, 4.69) is 5.32 Å². The van der Waals surface area contributed by atoms with Crippen LogP contribution in [0, 0.1) is 12.8 Å². The minimum absolute atomic E-state index is 0.234. The van der Waals surface area contributed by atoms with Gasteiger partial charge >= 0.3 is 12.0 Å². The molecule has 0 spiro atoms. The topological polar surface area (TPSA) is 69.6 Å². The van der Waals surface area contributed by atoms with Crippen LogP contribution in [0.25, 0.3) is 0 Å². The van der Waals surface area contributed by atoms with E-state index in [1.54, 1.807) is 4.90 Å². The number of amides is 2. The Hall–Kier alpha value is -2.04. The molecule has 1 aromatic rings. The van der Waals surface area contributed by atoms with Crippen LogP contribution in [0.2, 0.25) is 0 Å². The van der Waals surface area contributed by atoms with E-state index in [-0.39, 0.29) is 12.6 Å². The number of nitrogens with zero attached hydrogens (tertiary/aromatic N) is 1. The van der Waals surface area contributed by atoms with Gasteiger partial charge in [0.15, 0.2) is 0 Å². The van der Waals surface area contributed by atoms with Crippen LogP contribution in [0.15, 0.2) is 24.3 Å². The number of carbonyl (C=O) groups is 2. The van der Waals surface area contributed by atoms with E-state index >= 15 is 0 Å². The maximum absolute atomic E-state index is 11.9. The van der Waals surface area contributed by atoms with Gasteiger partial charge in [-0.3, -0.25) is 4.79 Å². The Bertz CT molecular complexity index is 456. The summed E-state index contributed by atoms with van der Waals surface area (Å²) < 4.78 is 0. The SMILES string of the molecule is Cc1ccc(NC(=O)N2CCC(C(=O)O)C2)cc1. The van der Waals surface area contributed by atoms with E-state index in [9.17, 15) is 9.59 Å². The molecule has 0 aliphatic carbocycles. The molecule has 2 rings (SSSR count). The van der Waals surface area contributed by atoms with Gasteiger partial charge in [-0.25, -0.2) is 4.79 Å². The van der Waals surface area contributed by atoms with Gasteiger partial charge < -0.3 is 15.3 Å². The van der Waals surface area contributed by atoms with Crippen LogP contribution in [0.5, 0.6) is 0 Å². The van der Waals surface area contributed by atoms with Crippen LogP contribution in [0.3, 0.4) is 0 Å². The lowest BCUT2D eigenvalue weighted by molar-refractivity contribution is -0.141. The van der Waals surface area contributed by atoms with Gasteiger partial charge in [0.2, 0.25) is 0 Å². The van der Waals surface area contributed by atoms with Gasteiger partial charge in [0.25, 0.3) is 0 Å². The number of nitrogens with one attached hydrogen (secondary N) is 1. The molecule has 1 unspecified atom stereocenters. The highest BCUT2D eigenvalue weighted by Crippen LogP contribution is 2.18. The summed E-state index contributed by atoms with van der Waals surface area (Å²) in [5.74, 6) is -1.27. The summed E-state index contributed by atoms with van der Waals surface area (Å²) in [6.07, 6.45) is 0.524. The van der Waals surface area contributed by atoms with E-state index in [1.165, 1.54) is 0 Å². The number of likely N-dealkylation sites (tertiary alicyclic amines) is 1. The Morgan fingerprint density at radius 2 is 2.00 bits per heavy atom. The lowest BCUT2D eigenvalue weighted by Crippen LogP contribution is -2.33. The van der Waals surface area contributed by atoms with Crippen molar-refractivity contribution >= 4 is 17.7 Å².